The summed E-state index contributed by atoms with van der Waals surface area (Å²) in [7, 11) is 3.89. The fraction of sp³-hybridized carbons (Fsp3) is 0.364. The summed E-state index contributed by atoms with van der Waals surface area (Å²) in [4.78, 5) is 21.6. The Bertz CT molecular complexity index is 1230. The lowest BCUT2D eigenvalue weighted by molar-refractivity contribution is 0.0745. The number of carbonyl (C=O) groups excluding carboxylic acids is 1. The number of fused-ring (bicyclic) bond motifs is 3. The van der Waals surface area contributed by atoms with Gasteiger partial charge in [0.1, 0.15) is 12.4 Å². The van der Waals surface area contributed by atoms with E-state index >= 15 is 0 Å². The zero-order valence-corrected chi connectivity index (χ0v) is 18.7. The van der Waals surface area contributed by atoms with Crippen LogP contribution in [0.2, 0.25) is 5.02 Å². The molecule has 8 nitrogen and oxygen atoms in total. The highest BCUT2D eigenvalue weighted by Crippen LogP contribution is 2.31. The van der Waals surface area contributed by atoms with Gasteiger partial charge in [-0.05, 0) is 46.1 Å². The first-order valence-electron chi connectivity index (χ1n) is 9.94. The SMILES string of the molecule is Cc1nc2c3c(nn2c(C)c1Cl)CN(C(=O)c1ccc(C#N)cc1OCCN(C)C)C3. The zero-order chi connectivity index (χ0) is 22.3. The molecule has 3 heterocycles. The average molecular weight is 439 g/mol. The number of hydrogen-bond acceptors (Lipinski definition) is 6. The quantitative estimate of drug-likeness (QED) is 0.608. The number of ether oxygens (including phenoxy) is 1. The number of aromatic nitrogens is 3. The number of halogens is 1. The molecule has 0 unspecified atom stereocenters. The Labute approximate surface area is 185 Å². The van der Waals surface area contributed by atoms with Crippen molar-refractivity contribution in [3.8, 4) is 11.8 Å². The first kappa shape index (κ1) is 21.1. The Morgan fingerprint density at radius 2 is 2.10 bits per heavy atom. The van der Waals surface area contributed by atoms with Gasteiger partial charge in [-0.25, -0.2) is 9.50 Å². The second kappa shape index (κ2) is 8.17. The van der Waals surface area contributed by atoms with Crippen LogP contribution in [0.4, 0.5) is 0 Å². The number of likely N-dealkylation sites (N-methyl/N-ethyl adjacent to an activating group) is 1. The molecule has 1 aliphatic heterocycles. The van der Waals surface area contributed by atoms with Crippen molar-refractivity contribution in [1.82, 2.24) is 24.4 Å². The zero-order valence-electron chi connectivity index (χ0n) is 17.9. The summed E-state index contributed by atoms with van der Waals surface area (Å²) in [5.41, 5.74) is 4.93. The van der Waals surface area contributed by atoms with Crippen LogP contribution in [0.3, 0.4) is 0 Å². The molecule has 1 aliphatic rings. The number of rotatable bonds is 5. The Morgan fingerprint density at radius 1 is 1.32 bits per heavy atom. The van der Waals surface area contributed by atoms with Crippen LogP contribution in [0.25, 0.3) is 5.65 Å². The fourth-order valence-corrected chi connectivity index (χ4v) is 3.78. The maximum absolute atomic E-state index is 13.3. The number of nitriles is 1. The van der Waals surface area contributed by atoms with E-state index in [0.29, 0.717) is 48.1 Å². The molecule has 0 saturated heterocycles. The minimum absolute atomic E-state index is 0.164. The van der Waals surface area contributed by atoms with Crippen molar-refractivity contribution in [3.05, 3.63) is 57.0 Å². The minimum Gasteiger partial charge on any atom is -0.491 e. The predicted molar refractivity (Wildman–Crippen MR) is 116 cm³/mol. The summed E-state index contributed by atoms with van der Waals surface area (Å²) in [6, 6.07) is 7.01. The summed E-state index contributed by atoms with van der Waals surface area (Å²) in [5.74, 6) is 0.254. The van der Waals surface area contributed by atoms with Gasteiger partial charge in [-0.1, -0.05) is 11.6 Å². The Kier molecular flexibility index (Phi) is 5.56. The average Bonchev–Trinajstić information content (AvgIpc) is 3.30. The molecule has 0 aliphatic carbocycles. The maximum atomic E-state index is 13.3. The fourth-order valence-electron chi connectivity index (χ4n) is 3.65. The van der Waals surface area contributed by atoms with Gasteiger partial charge in [0.25, 0.3) is 5.91 Å². The number of amides is 1. The molecule has 2 aromatic heterocycles. The highest BCUT2D eigenvalue weighted by molar-refractivity contribution is 6.31. The molecule has 0 fully saturated rings. The number of benzene rings is 1. The van der Waals surface area contributed by atoms with Gasteiger partial charge < -0.3 is 14.5 Å². The molecule has 4 rings (SSSR count). The maximum Gasteiger partial charge on any atom is 0.258 e. The summed E-state index contributed by atoms with van der Waals surface area (Å²) in [6.45, 7) is 5.67. The predicted octanol–water partition coefficient (Wildman–Crippen LogP) is 2.97. The molecule has 0 radical (unpaired) electrons. The van der Waals surface area contributed by atoms with E-state index in [1.807, 2.05) is 32.8 Å². The molecule has 0 bridgehead atoms. The molecule has 0 saturated carbocycles. The van der Waals surface area contributed by atoms with Crippen molar-refractivity contribution in [2.24, 2.45) is 0 Å². The van der Waals surface area contributed by atoms with E-state index in [2.05, 4.69) is 16.2 Å². The smallest absolute Gasteiger partial charge is 0.258 e. The Balaban J connectivity index is 1.62. The van der Waals surface area contributed by atoms with Gasteiger partial charge in [0.15, 0.2) is 5.65 Å². The highest BCUT2D eigenvalue weighted by atomic mass is 35.5. The van der Waals surface area contributed by atoms with Crippen molar-refractivity contribution >= 4 is 23.2 Å². The van der Waals surface area contributed by atoms with Crippen LogP contribution in [-0.4, -0.2) is 57.6 Å². The molecular weight excluding hydrogens is 416 g/mol. The van der Waals surface area contributed by atoms with E-state index in [9.17, 15) is 10.1 Å². The molecule has 0 spiro atoms. The Hall–Kier alpha value is -3.15. The van der Waals surface area contributed by atoms with Crippen LogP contribution in [-0.2, 0) is 13.1 Å². The standard InChI is InChI=1S/C22H23ClN6O2/c1-13-20(23)14(2)29-21(25-13)17-11-28(12-18(17)26-29)22(30)16-6-5-15(10-24)9-19(16)31-8-7-27(3)4/h5-6,9H,7-8,11-12H2,1-4H3. The van der Waals surface area contributed by atoms with Crippen LogP contribution >= 0.6 is 11.6 Å². The number of nitrogens with zero attached hydrogens (tertiary/aromatic N) is 6. The largest absolute Gasteiger partial charge is 0.491 e. The topological polar surface area (TPSA) is 86.8 Å². The summed E-state index contributed by atoms with van der Waals surface area (Å²) < 4.78 is 7.61. The first-order valence-corrected chi connectivity index (χ1v) is 10.3. The van der Waals surface area contributed by atoms with Crippen molar-refractivity contribution < 1.29 is 9.53 Å². The van der Waals surface area contributed by atoms with Crippen molar-refractivity contribution in [2.75, 3.05) is 27.2 Å². The van der Waals surface area contributed by atoms with E-state index in [1.54, 1.807) is 27.6 Å². The lowest BCUT2D eigenvalue weighted by atomic mass is 10.1. The molecule has 160 valence electrons. The number of carbonyl (C=O) groups is 1. The van der Waals surface area contributed by atoms with Crippen molar-refractivity contribution in [2.45, 2.75) is 26.9 Å². The van der Waals surface area contributed by atoms with Gasteiger partial charge in [0.05, 0.1) is 52.4 Å². The van der Waals surface area contributed by atoms with E-state index < -0.39 is 0 Å². The van der Waals surface area contributed by atoms with Gasteiger partial charge in [-0.3, -0.25) is 4.79 Å². The van der Waals surface area contributed by atoms with Gasteiger partial charge in [0.2, 0.25) is 0 Å². The lowest BCUT2D eigenvalue weighted by Gasteiger charge is -2.19. The van der Waals surface area contributed by atoms with Gasteiger partial charge in [0, 0.05) is 12.1 Å². The third kappa shape index (κ3) is 3.82. The first-order chi connectivity index (χ1) is 14.8. The molecule has 9 heteroatoms. The van der Waals surface area contributed by atoms with Gasteiger partial charge in [-0.2, -0.15) is 10.4 Å². The van der Waals surface area contributed by atoms with Crippen LogP contribution in [0.5, 0.6) is 5.75 Å². The molecule has 1 amide bonds. The molecule has 1 aromatic carbocycles. The van der Waals surface area contributed by atoms with Crippen molar-refractivity contribution in [1.29, 1.82) is 5.26 Å². The normalized spacial score (nSPS) is 13.0. The third-order valence-electron chi connectivity index (χ3n) is 5.38. The summed E-state index contributed by atoms with van der Waals surface area (Å²) >= 11 is 6.31. The Morgan fingerprint density at radius 3 is 2.81 bits per heavy atom. The third-order valence-corrected chi connectivity index (χ3v) is 5.93. The van der Waals surface area contributed by atoms with Gasteiger partial charge >= 0.3 is 0 Å². The monoisotopic (exact) mass is 438 g/mol. The van der Waals surface area contributed by atoms with E-state index in [0.717, 1.165) is 28.3 Å². The van der Waals surface area contributed by atoms with Crippen LogP contribution in [0.15, 0.2) is 18.2 Å². The molecular formula is C22H23ClN6O2. The minimum atomic E-state index is -0.164. The van der Waals surface area contributed by atoms with E-state index in [1.165, 1.54) is 0 Å². The molecule has 3 aromatic rings. The number of hydrogen-bond donors (Lipinski definition) is 0. The van der Waals surface area contributed by atoms with E-state index in [4.69, 9.17) is 16.3 Å². The van der Waals surface area contributed by atoms with Crippen molar-refractivity contribution in [3.63, 3.8) is 0 Å². The van der Waals surface area contributed by atoms with Crippen LogP contribution < -0.4 is 4.74 Å². The highest BCUT2D eigenvalue weighted by Gasteiger charge is 2.31. The second-order valence-electron chi connectivity index (χ2n) is 7.89. The second-order valence-corrected chi connectivity index (χ2v) is 8.27. The van der Waals surface area contributed by atoms with Crippen LogP contribution in [0.1, 0.15) is 38.6 Å². The van der Waals surface area contributed by atoms with E-state index in [-0.39, 0.29) is 5.91 Å². The lowest BCUT2D eigenvalue weighted by Crippen LogP contribution is -2.27. The molecule has 0 N–H and O–H groups in total. The number of aryl methyl sites for hydroxylation is 2. The molecule has 0 atom stereocenters. The van der Waals surface area contributed by atoms with Gasteiger partial charge in [-0.15, -0.1) is 0 Å². The molecule has 31 heavy (non-hydrogen) atoms. The van der Waals surface area contributed by atoms with Crippen LogP contribution in [0, 0.1) is 25.2 Å². The summed E-state index contributed by atoms with van der Waals surface area (Å²) in [6.07, 6.45) is 0. The summed E-state index contributed by atoms with van der Waals surface area (Å²) in [5, 5.41) is 14.5.